The quantitative estimate of drug-likeness (QED) is 0.834. The Morgan fingerprint density at radius 1 is 1.15 bits per heavy atom. The number of rotatable bonds is 6. The zero-order valence-electron chi connectivity index (χ0n) is 15.0. The van der Waals surface area contributed by atoms with Crippen LogP contribution in [0.4, 0.5) is 0 Å². The molecule has 0 radical (unpaired) electrons. The Balaban J connectivity index is 1.63. The predicted molar refractivity (Wildman–Crippen MR) is 101 cm³/mol. The van der Waals surface area contributed by atoms with Crippen molar-refractivity contribution in [1.82, 2.24) is 4.90 Å². The van der Waals surface area contributed by atoms with E-state index in [9.17, 15) is 9.90 Å². The highest BCUT2D eigenvalue weighted by atomic mass is 16.5. The van der Waals surface area contributed by atoms with Crippen LogP contribution in [0.5, 0.6) is 5.75 Å². The van der Waals surface area contributed by atoms with E-state index in [2.05, 4.69) is 0 Å². The van der Waals surface area contributed by atoms with Crippen LogP contribution in [0.3, 0.4) is 0 Å². The molecule has 0 spiro atoms. The molecule has 0 heterocycles. The van der Waals surface area contributed by atoms with E-state index in [1.54, 1.807) is 11.9 Å². The van der Waals surface area contributed by atoms with Crippen molar-refractivity contribution in [2.45, 2.75) is 37.5 Å². The number of aliphatic hydroxyl groups excluding tert-OH is 1. The predicted octanol–water partition coefficient (Wildman–Crippen LogP) is 2.23. The normalized spacial score (nSPS) is 22.2. The van der Waals surface area contributed by atoms with Crippen molar-refractivity contribution in [1.29, 1.82) is 0 Å². The number of hydrogen-bond donors (Lipinski definition) is 2. The number of ether oxygens (including phenoxy) is 1. The second-order valence-electron chi connectivity index (χ2n) is 6.76. The third-order valence-corrected chi connectivity index (χ3v) is 5.00. The fourth-order valence-corrected chi connectivity index (χ4v) is 3.48. The van der Waals surface area contributed by atoms with Gasteiger partial charge in [0.1, 0.15) is 18.0 Å². The summed E-state index contributed by atoms with van der Waals surface area (Å²) in [6, 6.07) is 16.7. The number of nitrogens with two attached hydrogens (primary N) is 1. The number of carbonyl (C=O) groups excluding carboxylic acids is 1. The minimum atomic E-state index is -0.708. The van der Waals surface area contributed by atoms with Crippen molar-refractivity contribution in [3.63, 3.8) is 0 Å². The maximum absolute atomic E-state index is 12.8. The maximum atomic E-state index is 12.8. The molecule has 3 rings (SSSR count). The lowest BCUT2D eigenvalue weighted by Gasteiger charge is -2.29. The lowest BCUT2D eigenvalue weighted by atomic mass is 10.1. The van der Waals surface area contributed by atoms with E-state index < -0.39 is 6.10 Å². The summed E-state index contributed by atoms with van der Waals surface area (Å²) >= 11 is 0. The van der Waals surface area contributed by atoms with E-state index in [1.807, 2.05) is 54.6 Å². The van der Waals surface area contributed by atoms with Gasteiger partial charge in [-0.25, -0.2) is 0 Å². The first-order valence-electron chi connectivity index (χ1n) is 9.06. The van der Waals surface area contributed by atoms with E-state index in [-0.39, 0.29) is 18.1 Å². The molecule has 3 N–H and O–H groups in total. The third kappa shape index (κ3) is 4.06. The first-order chi connectivity index (χ1) is 12.6. The monoisotopic (exact) mass is 354 g/mol. The number of likely N-dealkylation sites (N-methyl/N-ethyl adjacent to an activating group) is 1. The van der Waals surface area contributed by atoms with Gasteiger partial charge in [0.15, 0.2) is 0 Å². The lowest BCUT2D eigenvalue weighted by Crippen LogP contribution is -2.45. The molecule has 5 nitrogen and oxygen atoms in total. The van der Waals surface area contributed by atoms with E-state index in [0.717, 1.165) is 17.7 Å². The number of carbonyl (C=O) groups is 1. The number of aliphatic hydroxyl groups is 1. The number of nitrogens with zero attached hydrogens (tertiary/aromatic N) is 1. The largest absolute Gasteiger partial charge is 0.488 e. The zero-order valence-corrected chi connectivity index (χ0v) is 15.0. The van der Waals surface area contributed by atoms with Crippen molar-refractivity contribution < 1.29 is 14.6 Å². The van der Waals surface area contributed by atoms with E-state index in [0.29, 0.717) is 24.9 Å². The van der Waals surface area contributed by atoms with Gasteiger partial charge < -0.3 is 20.5 Å². The summed E-state index contributed by atoms with van der Waals surface area (Å²) in [5, 5.41) is 10.7. The summed E-state index contributed by atoms with van der Waals surface area (Å²) in [4.78, 5) is 14.4. The van der Waals surface area contributed by atoms with E-state index in [1.165, 1.54) is 0 Å². The molecule has 26 heavy (non-hydrogen) atoms. The summed E-state index contributed by atoms with van der Waals surface area (Å²) < 4.78 is 5.90. The number of para-hydroxylation sites is 1. The van der Waals surface area contributed by atoms with Gasteiger partial charge in [0.2, 0.25) is 0 Å². The molecule has 1 aliphatic carbocycles. The van der Waals surface area contributed by atoms with Crippen LogP contribution >= 0.6 is 0 Å². The summed E-state index contributed by atoms with van der Waals surface area (Å²) in [5.74, 6) is 0.649. The zero-order chi connectivity index (χ0) is 18.5. The molecule has 0 aliphatic heterocycles. The molecule has 138 valence electrons. The summed E-state index contributed by atoms with van der Waals surface area (Å²) in [5.41, 5.74) is 7.29. The smallest absolute Gasteiger partial charge is 0.253 e. The van der Waals surface area contributed by atoms with Crippen LogP contribution in [-0.2, 0) is 6.42 Å². The second kappa shape index (κ2) is 8.34. The molecule has 2 aromatic rings. The Morgan fingerprint density at radius 2 is 1.85 bits per heavy atom. The fraction of sp³-hybridized carbons (Fsp3) is 0.381. The SMILES string of the molecule is CN(C(=O)c1ccc(CCN)cc1)[C@@H]1CC[C@H](Oc2ccccc2)[C@H]1O. The topological polar surface area (TPSA) is 75.8 Å². The van der Waals surface area contributed by atoms with Gasteiger partial charge in [-0.05, 0) is 55.6 Å². The Morgan fingerprint density at radius 3 is 2.50 bits per heavy atom. The molecule has 3 atom stereocenters. The molecule has 0 unspecified atom stereocenters. The van der Waals surface area contributed by atoms with Gasteiger partial charge in [0, 0.05) is 12.6 Å². The Bertz CT molecular complexity index is 718. The van der Waals surface area contributed by atoms with Gasteiger partial charge in [-0.3, -0.25) is 4.79 Å². The average molecular weight is 354 g/mol. The van der Waals surface area contributed by atoms with Gasteiger partial charge in [-0.1, -0.05) is 30.3 Å². The van der Waals surface area contributed by atoms with Crippen LogP contribution < -0.4 is 10.5 Å². The van der Waals surface area contributed by atoms with Crippen LogP contribution in [0, 0.1) is 0 Å². The first kappa shape index (κ1) is 18.4. The summed E-state index contributed by atoms with van der Waals surface area (Å²) in [6.45, 7) is 0.588. The Hall–Kier alpha value is -2.37. The third-order valence-electron chi connectivity index (χ3n) is 5.00. The molecular weight excluding hydrogens is 328 g/mol. The molecule has 0 bridgehead atoms. The van der Waals surface area contributed by atoms with Crippen LogP contribution in [0.1, 0.15) is 28.8 Å². The van der Waals surface area contributed by atoms with E-state index >= 15 is 0 Å². The standard InChI is InChI=1S/C21H26N2O3/c1-23(21(25)16-9-7-15(8-10-16)13-14-22)18-11-12-19(20(18)24)26-17-5-3-2-4-6-17/h2-10,18-20,24H,11-14,22H2,1H3/t18-,19+,20+/m1/s1. The second-order valence-corrected chi connectivity index (χ2v) is 6.76. The fourth-order valence-electron chi connectivity index (χ4n) is 3.48. The van der Waals surface area contributed by atoms with Gasteiger partial charge in [0.25, 0.3) is 5.91 Å². The minimum Gasteiger partial charge on any atom is -0.488 e. The molecule has 2 aromatic carbocycles. The van der Waals surface area contributed by atoms with Gasteiger partial charge in [0.05, 0.1) is 6.04 Å². The molecule has 1 amide bonds. The summed E-state index contributed by atoms with van der Waals surface area (Å²) in [7, 11) is 1.74. The molecule has 1 aliphatic rings. The molecule has 1 saturated carbocycles. The number of hydrogen-bond acceptors (Lipinski definition) is 4. The van der Waals surface area contributed by atoms with Crippen molar-refractivity contribution in [2.24, 2.45) is 5.73 Å². The number of amides is 1. The highest BCUT2D eigenvalue weighted by Gasteiger charge is 2.40. The minimum absolute atomic E-state index is 0.0892. The van der Waals surface area contributed by atoms with Gasteiger partial charge in [-0.15, -0.1) is 0 Å². The van der Waals surface area contributed by atoms with Crippen molar-refractivity contribution in [3.8, 4) is 5.75 Å². The highest BCUT2D eigenvalue weighted by molar-refractivity contribution is 5.94. The van der Waals surface area contributed by atoms with Crippen molar-refractivity contribution in [3.05, 3.63) is 65.7 Å². The van der Waals surface area contributed by atoms with Gasteiger partial charge >= 0.3 is 0 Å². The number of benzene rings is 2. The maximum Gasteiger partial charge on any atom is 0.253 e. The van der Waals surface area contributed by atoms with Crippen LogP contribution in [0.15, 0.2) is 54.6 Å². The Labute approximate surface area is 154 Å². The van der Waals surface area contributed by atoms with Gasteiger partial charge in [-0.2, -0.15) is 0 Å². The highest BCUT2D eigenvalue weighted by Crippen LogP contribution is 2.29. The van der Waals surface area contributed by atoms with Crippen molar-refractivity contribution in [2.75, 3.05) is 13.6 Å². The molecule has 5 heteroatoms. The lowest BCUT2D eigenvalue weighted by molar-refractivity contribution is 0.0167. The molecular formula is C21H26N2O3. The summed E-state index contributed by atoms with van der Waals surface area (Å²) in [6.07, 6.45) is 1.22. The molecule has 0 saturated heterocycles. The van der Waals surface area contributed by atoms with Crippen LogP contribution in [0.2, 0.25) is 0 Å². The Kier molecular flexibility index (Phi) is 5.91. The van der Waals surface area contributed by atoms with Crippen LogP contribution in [-0.4, -0.2) is 47.8 Å². The first-order valence-corrected chi connectivity index (χ1v) is 9.06. The van der Waals surface area contributed by atoms with Crippen molar-refractivity contribution >= 4 is 5.91 Å². The van der Waals surface area contributed by atoms with Crippen LogP contribution in [0.25, 0.3) is 0 Å². The average Bonchev–Trinajstić information content (AvgIpc) is 3.03. The molecule has 0 aromatic heterocycles. The molecule has 1 fully saturated rings. The van der Waals surface area contributed by atoms with E-state index in [4.69, 9.17) is 10.5 Å².